The Bertz CT molecular complexity index is 939. The largest absolute Gasteiger partial charge is 0.378 e. The monoisotopic (exact) mass is 375 g/mol. The highest BCUT2D eigenvalue weighted by Crippen LogP contribution is 2.21. The van der Waals surface area contributed by atoms with Crippen LogP contribution in [0.3, 0.4) is 0 Å². The molecule has 3 aromatic rings. The van der Waals surface area contributed by atoms with Crippen molar-refractivity contribution in [1.82, 2.24) is 9.97 Å². The van der Waals surface area contributed by atoms with Crippen LogP contribution in [0.25, 0.3) is 0 Å². The van der Waals surface area contributed by atoms with Crippen molar-refractivity contribution < 1.29 is 4.79 Å². The van der Waals surface area contributed by atoms with Gasteiger partial charge in [-0.25, -0.2) is 9.97 Å². The van der Waals surface area contributed by atoms with Crippen LogP contribution in [0, 0.1) is 6.92 Å². The number of benzene rings is 2. The topological polar surface area (TPSA) is 61.4 Å². The summed E-state index contributed by atoms with van der Waals surface area (Å²) in [7, 11) is 4.00. The number of rotatable bonds is 6. The molecule has 0 saturated heterocycles. The molecule has 0 spiro atoms. The van der Waals surface area contributed by atoms with Crippen molar-refractivity contribution in [2.24, 2.45) is 0 Å². The Kier molecular flexibility index (Phi) is 5.89. The fourth-order valence-electron chi connectivity index (χ4n) is 2.92. The minimum Gasteiger partial charge on any atom is -0.378 e. The van der Waals surface area contributed by atoms with Gasteiger partial charge in [0.2, 0.25) is 0 Å². The molecule has 1 heterocycles. The van der Waals surface area contributed by atoms with Gasteiger partial charge in [0.25, 0.3) is 5.91 Å². The molecule has 1 amide bonds. The van der Waals surface area contributed by atoms with E-state index in [1.165, 1.54) is 0 Å². The summed E-state index contributed by atoms with van der Waals surface area (Å²) in [5.41, 5.74) is 3.23. The van der Waals surface area contributed by atoms with Crippen LogP contribution in [0.5, 0.6) is 0 Å². The van der Waals surface area contributed by atoms with Crippen molar-refractivity contribution in [2.75, 3.05) is 35.8 Å². The first-order valence-corrected chi connectivity index (χ1v) is 9.25. The van der Waals surface area contributed by atoms with Crippen molar-refractivity contribution >= 4 is 28.8 Å². The molecule has 0 aliphatic rings. The number of anilines is 4. The molecule has 0 radical (unpaired) electrons. The van der Waals surface area contributed by atoms with Crippen LogP contribution in [0.2, 0.25) is 0 Å². The standard InChI is InChI=1S/C22H25N5O/c1-5-27(19-9-7-6-8-10-19)22(28)20-15-21(24-16(2)23-20)25-17-11-13-18(14-12-17)26(3)4/h6-15H,5H2,1-4H3,(H,23,24,25). The fraction of sp³-hybridized carbons (Fsp3) is 0.227. The first-order chi connectivity index (χ1) is 13.5. The maximum atomic E-state index is 13.1. The quantitative estimate of drug-likeness (QED) is 0.697. The van der Waals surface area contributed by atoms with Crippen molar-refractivity contribution in [1.29, 1.82) is 0 Å². The molecule has 6 nitrogen and oxygen atoms in total. The van der Waals surface area contributed by atoms with Gasteiger partial charge in [-0.2, -0.15) is 0 Å². The third-order valence-corrected chi connectivity index (χ3v) is 4.34. The van der Waals surface area contributed by atoms with E-state index in [2.05, 4.69) is 15.3 Å². The molecule has 0 unspecified atom stereocenters. The van der Waals surface area contributed by atoms with E-state index in [1.807, 2.05) is 80.5 Å². The van der Waals surface area contributed by atoms with Crippen molar-refractivity contribution in [2.45, 2.75) is 13.8 Å². The number of nitrogens with one attached hydrogen (secondary N) is 1. The van der Waals surface area contributed by atoms with E-state index < -0.39 is 0 Å². The Morgan fingerprint density at radius 1 is 0.964 bits per heavy atom. The van der Waals surface area contributed by atoms with Crippen LogP contribution in [-0.4, -0.2) is 36.5 Å². The molecular formula is C22H25N5O. The van der Waals surface area contributed by atoms with Gasteiger partial charge >= 0.3 is 0 Å². The molecule has 6 heteroatoms. The van der Waals surface area contributed by atoms with Gasteiger partial charge in [0.15, 0.2) is 0 Å². The van der Waals surface area contributed by atoms with E-state index in [0.29, 0.717) is 23.9 Å². The number of hydrogen-bond acceptors (Lipinski definition) is 5. The molecule has 1 N–H and O–H groups in total. The van der Waals surface area contributed by atoms with Gasteiger partial charge in [-0.1, -0.05) is 18.2 Å². The summed E-state index contributed by atoms with van der Waals surface area (Å²) in [4.78, 5) is 25.6. The summed E-state index contributed by atoms with van der Waals surface area (Å²) in [5, 5.41) is 3.26. The van der Waals surface area contributed by atoms with Crippen molar-refractivity contribution in [3.8, 4) is 0 Å². The molecule has 2 aromatic carbocycles. The third-order valence-electron chi connectivity index (χ3n) is 4.34. The molecule has 144 valence electrons. The summed E-state index contributed by atoms with van der Waals surface area (Å²) in [6.45, 7) is 4.29. The van der Waals surface area contributed by atoms with E-state index in [0.717, 1.165) is 17.1 Å². The molecule has 3 rings (SSSR count). The molecule has 0 aliphatic carbocycles. The molecule has 28 heavy (non-hydrogen) atoms. The number of aromatic nitrogens is 2. The van der Waals surface area contributed by atoms with Gasteiger partial charge in [0.1, 0.15) is 17.3 Å². The summed E-state index contributed by atoms with van der Waals surface area (Å²) in [6.07, 6.45) is 0. The zero-order valence-corrected chi connectivity index (χ0v) is 16.7. The molecule has 0 bridgehead atoms. The Labute approximate surface area is 165 Å². The number of hydrogen-bond donors (Lipinski definition) is 1. The lowest BCUT2D eigenvalue weighted by molar-refractivity contribution is 0.0983. The molecule has 1 aromatic heterocycles. The van der Waals surface area contributed by atoms with Crippen LogP contribution in [0.1, 0.15) is 23.2 Å². The van der Waals surface area contributed by atoms with E-state index >= 15 is 0 Å². The lowest BCUT2D eigenvalue weighted by atomic mass is 10.2. The number of carbonyl (C=O) groups is 1. The van der Waals surface area contributed by atoms with Crippen LogP contribution in [-0.2, 0) is 0 Å². The van der Waals surface area contributed by atoms with E-state index in [1.54, 1.807) is 17.9 Å². The normalized spacial score (nSPS) is 10.4. The molecule has 0 atom stereocenters. The summed E-state index contributed by atoms with van der Waals surface area (Å²) in [5.74, 6) is 0.991. The molecule has 0 saturated carbocycles. The summed E-state index contributed by atoms with van der Waals surface area (Å²) >= 11 is 0. The highest BCUT2D eigenvalue weighted by molar-refractivity contribution is 6.05. The maximum Gasteiger partial charge on any atom is 0.277 e. The van der Waals surface area contributed by atoms with Gasteiger partial charge < -0.3 is 15.1 Å². The highest BCUT2D eigenvalue weighted by Gasteiger charge is 2.18. The van der Waals surface area contributed by atoms with Crippen LogP contribution in [0.15, 0.2) is 60.7 Å². The average Bonchev–Trinajstić information content (AvgIpc) is 2.69. The SMILES string of the molecule is CCN(C(=O)c1cc(Nc2ccc(N(C)C)cc2)nc(C)n1)c1ccccc1. The van der Waals surface area contributed by atoms with Crippen LogP contribution in [0.4, 0.5) is 22.9 Å². The Morgan fingerprint density at radius 3 is 2.25 bits per heavy atom. The minimum absolute atomic E-state index is 0.148. The zero-order chi connectivity index (χ0) is 20.1. The highest BCUT2D eigenvalue weighted by atomic mass is 16.2. The minimum atomic E-state index is -0.148. The second kappa shape index (κ2) is 8.52. The first-order valence-electron chi connectivity index (χ1n) is 9.25. The van der Waals surface area contributed by atoms with Gasteiger partial charge in [-0.3, -0.25) is 4.79 Å². The average molecular weight is 375 g/mol. The number of nitrogens with zero attached hydrogens (tertiary/aromatic N) is 4. The molecule has 0 fully saturated rings. The predicted molar refractivity (Wildman–Crippen MR) is 115 cm³/mol. The van der Waals surface area contributed by atoms with Gasteiger partial charge in [-0.15, -0.1) is 0 Å². The first kappa shape index (κ1) is 19.4. The summed E-state index contributed by atoms with van der Waals surface area (Å²) in [6, 6.07) is 19.3. The van der Waals surface area contributed by atoms with Gasteiger partial charge in [0, 0.05) is 43.8 Å². The number of amides is 1. The molecular weight excluding hydrogens is 350 g/mol. The Morgan fingerprint density at radius 2 is 1.64 bits per heavy atom. The third kappa shape index (κ3) is 4.46. The smallest absolute Gasteiger partial charge is 0.277 e. The van der Waals surface area contributed by atoms with E-state index in [-0.39, 0.29) is 5.91 Å². The van der Waals surface area contributed by atoms with Crippen LogP contribution < -0.4 is 15.1 Å². The number of carbonyl (C=O) groups excluding carboxylic acids is 1. The van der Waals surface area contributed by atoms with Crippen molar-refractivity contribution in [3.63, 3.8) is 0 Å². The van der Waals surface area contributed by atoms with E-state index in [4.69, 9.17) is 0 Å². The van der Waals surface area contributed by atoms with E-state index in [9.17, 15) is 4.79 Å². The summed E-state index contributed by atoms with van der Waals surface area (Å²) < 4.78 is 0. The second-order valence-corrected chi connectivity index (χ2v) is 6.64. The Hall–Kier alpha value is -3.41. The second-order valence-electron chi connectivity index (χ2n) is 6.64. The fourth-order valence-corrected chi connectivity index (χ4v) is 2.92. The maximum absolute atomic E-state index is 13.1. The van der Waals surface area contributed by atoms with Crippen molar-refractivity contribution in [3.05, 3.63) is 72.2 Å². The lowest BCUT2D eigenvalue weighted by Crippen LogP contribution is -2.31. The number of aryl methyl sites for hydroxylation is 1. The van der Waals surface area contributed by atoms with Gasteiger partial charge in [0.05, 0.1) is 0 Å². The Balaban J connectivity index is 1.85. The lowest BCUT2D eigenvalue weighted by Gasteiger charge is -2.21. The van der Waals surface area contributed by atoms with Crippen LogP contribution >= 0.6 is 0 Å². The predicted octanol–water partition coefficient (Wildman–Crippen LogP) is 4.26. The zero-order valence-electron chi connectivity index (χ0n) is 16.7. The number of para-hydroxylation sites is 1. The molecule has 0 aliphatic heterocycles. The van der Waals surface area contributed by atoms with Gasteiger partial charge in [-0.05, 0) is 50.2 Å².